The third-order valence-corrected chi connectivity index (χ3v) is 5.74. The molecule has 3 heteroatoms. The van der Waals surface area contributed by atoms with Crippen molar-refractivity contribution in [3.63, 3.8) is 0 Å². The van der Waals surface area contributed by atoms with Gasteiger partial charge in [-0.25, -0.2) is 0 Å². The summed E-state index contributed by atoms with van der Waals surface area (Å²) < 4.78 is 11.0. The van der Waals surface area contributed by atoms with E-state index in [0.717, 1.165) is 24.5 Å². The molecule has 2 unspecified atom stereocenters. The van der Waals surface area contributed by atoms with E-state index in [9.17, 15) is 0 Å². The number of piperidine rings is 1. The summed E-state index contributed by atoms with van der Waals surface area (Å²) in [6.07, 6.45) is 7.41. The molecule has 0 radical (unpaired) electrons. The van der Waals surface area contributed by atoms with Gasteiger partial charge in [0.15, 0.2) is 0 Å². The van der Waals surface area contributed by atoms with E-state index in [2.05, 4.69) is 47.4 Å². The van der Waals surface area contributed by atoms with E-state index in [-0.39, 0.29) is 0 Å². The Morgan fingerprint density at radius 3 is 2.58 bits per heavy atom. The van der Waals surface area contributed by atoms with Gasteiger partial charge in [-0.2, -0.15) is 0 Å². The van der Waals surface area contributed by atoms with Crippen LogP contribution in [-0.2, 0) is 6.54 Å². The molecular weight excluding hydrogens is 322 g/mol. The van der Waals surface area contributed by atoms with Crippen molar-refractivity contribution in [2.45, 2.75) is 44.3 Å². The Hall–Kier alpha value is -2.26. The fourth-order valence-electron chi connectivity index (χ4n) is 4.42. The molecular formula is C23H27NO2. The molecule has 2 aromatic rings. The standard InChI is InChI=1S/C23H27NO2/c1-25-21-11-12-22(23(15-21)26-2)18-13-19-9-6-10-20(14-18)24(19)16-17-7-4-3-5-8-17/h3-5,7-8,11-13,15,19-20H,6,9-10,14,16H2,1-2H3. The molecule has 0 N–H and O–H groups in total. The first-order valence-corrected chi connectivity index (χ1v) is 9.51. The Labute approximate surface area is 156 Å². The van der Waals surface area contributed by atoms with Crippen molar-refractivity contribution in [2.24, 2.45) is 0 Å². The van der Waals surface area contributed by atoms with Gasteiger partial charge in [0.2, 0.25) is 0 Å². The molecule has 2 heterocycles. The van der Waals surface area contributed by atoms with Crippen LogP contribution in [0.5, 0.6) is 11.5 Å². The predicted molar refractivity (Wildman–Crippen MR) is 106 cm³/mol. The van der Waals surface area contributed by atoms with Crippen LogP contribution in [0.2, 0.25) is 0 Å². The summed E-state index contributed by atoms with van der Waals surface area (Å²) >= 11 is 0. The zero-order valence-corrected chi connectivity index (χ0v) is 15.7. The largest absolute Gasteiger partial charge is 0.497 e. The maximum absolute atomic E-state index is 5.65. The highest BCUT2D eigenvalue weighted by Crippen LogP contribution is 2.41. The number of fused-ring (bicyclic) bond motifs is 2. The van der Waals surface area contributed by atoms with Gasteiger partial charge in [-0.3, -0.25) is 4.90 Å². The molecule has 4 rings (SSSR count). The van der Waals surface area contributed by atoms with Gasteiger partial charge < -0.3 is 9.47 Å². The monoisotopic (exact) mass is 349 g/mol. The minimum absolute atomic E-state index is 0.518. The maximum Gasteiger partial charge on any atom is 0.130 e. The van der Waals surface area contributed by atoms with Gasteiger partial charge in [0.25, 0.3) is 0 Å². The molecule has 0 aliphatic carbocycles. The lowest BCUT2D eigenvalue weighted by atomic mass is 9.82. The van der Waals surface area contributed by atoms with Crippen LogP contribution in [0.3, 0.4) is 0 Å². The zero-order valence-electron chi connectivity index (χ0n) is 15.7. The Balaban J connectivity index is 1.62. The third-order valence-electron chi connectivity index (χ3n) is 5.74. The van der Waals surface area contributed by atoms with E-state index in [1.165, 1.54) is 36.0 Å². The fraction of sp³-hybridized carbons (Fsp3) is 0.391. The average Bonchev–Trinajstić information content (AvgIpc) is 2.68. The van der Waals surface area contributed by atoms with Gasteiger partial charge in [0.05, 0.1) is 14.2 Å². The number of benzene rings is 2. The van der Waals surface area contributed by atoms with Crippen molar-refractivity contribution in [1.82, 2.24) is 4.90 Å². The van der Waals surface area contributed by atoms with Crippen molar-refractivity contribution in [3.05, 3.63) is 65.7 Å². The quantitative estimate of drug-likeness (QED) is 0.765. The van der Waals surface area contributed by atoms with Crippen molar-refractivity contribution in [2.75, 3.05) is 14.2 Å². The summed E-state index contributed by atoms with van der Waals surface area (Å²) in [6, 6.07) is 18.1. The number of nitrogens with zero attached hydrogens (tertiary/aromatic N) is 1. The van der Waals surface area contributed by atoms with Gasteiger partial charge in [-0.15, -0.1) is 0 Å². The Bertz CT molecular complexity index is 784. The second kappa shape index (κ2) is 7.55. The van der Waals surface area contributed by atoms with Crippen molar-refractivity contribution in [1.29, 1.82) is 0 Å². The van der Waals surface area contributed by atoms with Crippen LogP contribution in [-0.4, -0.2) is 31.2 Å². The minimum Gasteiger partial charge on any atom is -0.497 e. The summed E-state index contributed by atoms with van der Waals surface area (Å²) in [4.78, 5) is 2.69. The van der Waals surface area contributed by atoms with Gasteiger partial charge in [0, 0.05) is 30.3 Å². The van der Waals surface area contributed by atoms with Crippen LogP contribution >= 0.6 is 0 Å². The summed E-state index contributed by atoms with van der Waals surface area (Å²) in [6.45, 7) is 1.04. The fourth-order valence-corrected chi connectivity index (χ4v) is 4.42. The first kappa shape index (κ1) is 17.2. The van der Waals surface area contributed by atoms with Gasteiger partial charge in [-0.05, 0) is 42.5 Å². The van der Waals surface area contributed by atoms with Crippen LogP contribution in [0.1, 0.15) is 36.8 Å². The highest BCUT2D eigenvalue weighted by Gasteiger charge is 2.34. The lowest BCUT2D eigenvalue weighted by molar-refractivity contribution is 0.0951. The lowest BCUT2D eigenvalue weighted by Crippen LogP contribution is -2.47. The molecule has 1 fully saturated rings. The number of rotatable bonds is 5. The second-order valence-corrected chi connectivity index (χ2v) is 7.27. The molecule has 0 amide bonds. The number of hydrogen-bond donors (Lipinski definition) is 0. The van der Waals surface area contributed by atoms with Crippen molar-refractivity contribution < 1.29 is 9.47 Å². The van der Waals surface area contributed by atoms with E-state index in [1.807, 2.05) is 12.1 Å². The lowest BCUT2D eigenvalue weighted by Gasteiger charge is -2.45. The van der Waals surface area contributed by atoms with E-state index in [4.69, 9.17) is 9.47 Å². The highest BCUT2D eigenvalue weighted by atomic mass is 16.5. The molecule has 0 spiro atoms. The average molecular weight is 349 g/mol. The second-order valence-electron chi connectivity index (χ2n) is 7.27. The topological polar surface area (TPSA) is 21.7 Å². The van der Waals surface area contributed by atoms with Crippen molar-refractivity contribution >= 4 is 5.57 Å². The summed E-state index contributed by atoms with van der Waals surface area (Å²) in [5.74, 6) is 1.75. The number of hydrogen-bond acceptors (Lipinski definition) is 3. The Morgan fingerprint density at radius 2 is 1.85 bits per heavy atom. The smallest absolute Gasteiger partial charge is 0.130 e. The third kappa shape index (κ3) is 3.36. The summed E-state index contributed by atoms with van der Waals surface area (Å²) in [7, 11) is 3.43. The molecule has 0 aromatic heterocycles. The van der Waals surface area contributed by atoms with Crippen LogP contribution in [0.15, 0.2) is 54.6 Å². The zero-order chi connectivity index (χ0) is 17.9. The Morgan fingerprint density at radius 1 is 1.00 bits per heavy atom. The van der Waals surface area contributed by atoms with Gasteiger partial charge in [0.1, 0.15) is 11.5 Å². The van der Waals surface area contributed by atoms with Crippen LogP contribution in [0, 0.1) is 0 Å². The van der Waals surface area contributed by atoms with Crippen LogP contribution in [0.25, 0.3) is 5.57 Å². The first-order chi connectivity index (χ1) is 12.8. The normalized spacial score (nSPS) is 22.6. The molecule has 2 atom stereocenters. The Kier molecular flexibility index (Phi) is 4.98. The molecule has 2 aromatic carbocycles. The molecule has 2 aliphatic heterocycles. The summed E-state index contributed by atoms with van der Waals surface area (Å²) in [5, 5.41) is 0. The van der Waals surface area contributed by atoms with E-state index in [1.54, 1.807) is 14.2 Å². The summed E-state index contributed by atoms with van der Waals surface area (Å²) in [5.41, 5.74) is 4.04. The molecule has 2 bridgehead atoms. The molecule has 26 heavy (non-hydrogen) atoms. The maximum atomic E-state index is 5.65. The number of methoxy groups -OCH3 is 2. The van der Waals surface area contributed by atoms with Gasteiger partial charge >= 0.3 is 0 Å². The molecule has 2 aliphatic rings. The highest BCUT2D eigenvalue weighted by molar-refractivity contribution is 5.73. The molecule has 136 valence electrons. The van der Waals surface area contributed by atoms with Crippen LogP contribution in [0.4, 0.5) is 0 Å². The number of ether oxygens (including phenoxy) is 2. The molecule has 1 saturated heterocycles. The first-order valence-electron chi connectivity index (χ1n) is 9.51. The molecule has 3 nitrogen and oxygen atoms in total. The van der Waals surface area contributed by atoms with Crippen LogP contribution < -0.4 is 9.47 Å². The molecule has 0 saturated carbocycles. The predicted octanol–water partition coefficient (Wildman–Crippen LogP) is 4.91. The van der Waals surface area contributed by atoms with Crippen molar-refractivity contribution in [3.8, 4) is 11.5 Å². The van der Waals surface area contributed by atoms with E-state index < -0.39 is 0 Å². The minimum atomic E-state index is 0.518. The van der Waals surface area contributed by atoms with E-state index in [0.29, 0.717) is 12.1 Å². The van der Waals surface area contributed by atoms with Gasteiger partial charge in [-0.1, -0.05) is 42.8 Å². The SMILES string of the molecule is COc1ccc(C2=CC3CCCC(C2)N3Cc2ccccc2)c(OC)c1. The van der Waals surface area contributed by atoms with E-state index >= 15 is 0 Å².